The standard InChI is InChI=1S/C33H42Cl2N4O2/c1-22-36-29-7-5-6-8-30(29)39(22)26-20-24-10-11-25(21-26)38(24)18-15-33(23-9-12-27(34)28(35)19-23)13-16-37(17-14-33)31(40)41-32(2,3)4/h5-9,12,19,24-26H,10-11,13-18,20-21H2,1-4H3/t24-,25-/m1/s1. The number of amides is 1. The molecule has 0 spiro atoms. The SMILES string of the molecule is Cc1nc2ccccc2n1C1C[C@H]2CC[C@H](C1)N2CCC1(c2ccc(Cl)c(Cl)c2)CCN(C(=O)OC(C)(C)C)CC1. The van der Waals surface area contributed by atoms with Gasteiger partial charge >= 0.3 is 6.09 Å². The molecule has 2 atom stereocenters. The van der Waals surface area contributed by atoms with Crippen molar-refractivity contribution in [2.45, 2.75) is 102 Å². The van der Waals surface area contributed by atoms with E-state index >= 15 is 0 Å². The van der Waals surface area contributed by atoms with Crippen molar-refractivity contribution in [1.29, 1.82) is 0 Å². The number of piperidine rings is 2. The van der Waals surface area contributed by atoms with Crippen LogP contribution in [0.3, 0.4) is 0 Å². The van der Waals surface area contributed by atoms with Crippen LogP contribution >= 0.6 is 23.2 Å². The Balaban J connectivity index is 1.19. The molecular weight excluding hydrogens is 555 g/mol. The molecule has 2 bridgehead atoms. The van der Waals surface area contributed by atoms with E-state index in [-0.39, 0.29) is 11.5 Å². The number of hydrogen-bond donors (Lipinski definition) is 0. The second-order valence-corrected chi connectivity index (χ2v) is 14.2. The highest BCUT2D eigenvalue weighted by Gasteiger charge is 2.44. The van der Waals surface area contributed by atoms with Crippen molar-refractivity contribution in [3.63, 3.8) is 0 Å². The third-order valence-electron chi connectivity index (χ3n) is 9.75. The molecule has 6 nitrogen and oxygen atoms in total. The number of hydrogen-bond acceptors (Lipinski definition) is 4. The first-order valence-corrected chi connectivity index (χ1v) is 15.9. The van der Waals surface area contributed by atoms with Crippen molar-refractivity contribution in [3.05, 3.63) is 63.9 Å². The van der Waals surface area contributed by atoms with Gasteiger partial charge in [-0.05, 0) is 114 Å². The first-order chi connectivity index (χ1) is 19.5. The molecule has 3 fully saturated rings. The van der Waals surface area contributed by atoms with Crippen LogP contribution in [0.15, 0.2) is 42.5 Å². The molecular formula is C33H42Cl2N4O2. The molecule has 0 N–H and O–H groups in total. The van der Waals surface area contributed by atoms with Crippen LogP contribution in [0, 0.1) is 6.92 Å². The third kappa shape index (κ3) is 5.72. The molecule has 8 heteroatoms. The van der Waals surface area contributed by atoms with Crippen LogP contribution in [0.5, 0.6) is 0 Å². The fourth-order valence-electron chi connectivity index (χ4n) is 7.74. The van der Waals surface area contributed by atoms with Crippen molar-refractivity contribution in [3.8, 4) is 0 Å². The number of ether oxygens (including phenoxy) is 1. The zero-order chi connectivity index (χ0) is 28.9. The van der Waals surface area contributed by atoms with Gasteiger partial charge in [0.1, 0.15) is 11.4 Å². The molecule has 0 radical (unpaired) electrons. The molecule has 41 heavy (non-hydrogen) atoms. The van der Waals surface area contributed by atoms with Crippen LogP contribution < -0.4 is 0 Å². The first kappa shape index (κ1) is 28.8. The minimum Gasteiger partial charge on any atom is -0.444 e. The molecule has 3 aromatic rings. The monoisotopic (exact) mass is 596 g/mol. The van der Waals surface area contributed by atoms with Crippen LogP contribution in [-0.4, -0.2) is 62.8 Å². The van der Waals surface area contributed by atoms with E-state index in [1.165, 1.54) is 36.8 Å². The number of carbonyl (C=O) groups is 1. The molecule has 3 aliphatic rings. The maximum absolute atomic E-state index is 12.8. The van der Waals surface area contributed by atoms with Crippen molar-refractivity contribution in [2.75, 3.05) is 19.6 Å². The summed E-state index contributed by atoms with van der Waals surface area (Å²) in [5.41, 5.74) is 3.04. The lowest BCUT2D eigenvalue weighted by Gasteiger charge is -2.45. The Labute approximate surface area is 253 Å². The summed E-state index contributed by atoms with van der Waals surface area (Å²) in [7, 11) is 0. The van der Waals surface area contributed by atoms with E-state index in [0.29, 0.717) is 41.3 Å². The van der Waals surface area contributed by atoms with Gasteiger partial charge in [-0.2, -0.15) is 0 Å². The van der Waals surface area contributed by atoms with Gasteiger partial charge in [0.05, 0.1) is 21.1 Å². The van der Waals surface area contributed by atoms with E-state index in [1.807, 2.05) is 31.7 Å². The Morgan fingerprint density at radius 1 is 1.00 bits per heavy atom. The second kappa shape index (κ2) is 11.1. The summed E-state index contributed by atoms with van der Waals surface area (Å²) in [4.78, 5) is 22.4. The highest BCUT2D eigenvalue weighted by atomic mass is 35.5. The molecule has 1 aromatic heterocycles. The van der Waals surface area contributed by atoms with E-state index in [4.69, 9.17) is 32.9 Å². The summed E-state index contributed by atoms with van der Waals surface area (Å²) >= 11 is 12.9. The lowest BCUT2D eigenvalue weighted by atomic mass is 9.70. The van der Waals surface area contributed by atoms with Gasteiger partial charge in [-0.25, -0.2) is 9.78 Å². The molecule has 0 aliphatic carbocycles. The fourth-order valence-corrected chi connectivity index (χ4v) is 8.04. The van der Waals surface area contributed by atoms with Crippen LogP contribution in [-0.2, 0) is 10.2 Å². The van der Waals surface area contributed by atoms with Gasteiger partial charge in [0, 0.05) is 31.2 Å². The van der Waals surface area contributed by atoms with E-state index in [2.05, 4.69) is 52.8 Å². The number of nitrogens with zero attached hydrogens (tertiary/aromatic N) is 4. The highest BCUT2D eigenvalue weighted by Crippen LogP contribution is 2.45. The molecule has 0 unspecified atom stereocenters. The number of aryl methyl sites for hydroxylation is 1. The zero-order valence-electron chi connectivity index (χ0n) is 24.7. The number of carbonyl (C=O) groups excluding carboxylic acids is 1. The second-order valence-electron chi connectivity index (χ2n) is 13.4. The molecule has 3 aliphatic heterocycles. The average Bonchev–Trinajstić information content (AvgIpc) is 3.38. The number of aromatic nitrogens is 2. The highest BCUT2D eigenvalue weighted by molar-refractivity contribution is 6.42. The molecule has 3 saturated heterocycles. The topological polar surface area (TPSA) is 50.6 Å². The Kier molecular flexibility index (Phi) is 7.80. The summed E-state index contributed by atoms with van der Waals surface area (Å²) in [6.45, 7) is 10.3. The number of para-hydroxylation sites is 2. The van der Waals surface area contributed by atoms with E-state index in [0.717, 1.165) is 37.1 Å². The van der Waals surface area contributed by atoms with Gasteiger partial charge in [0.2, 0.25) is 0 Å². The minimum atomic E-state index is -0.498. The van der Waals surface area contributed by atoms with Gasteiger partial charge in [-0.15, -0.1) is 0 Å². The normalized spacial score (nSPS) is 24.6. The van der Waals surface area contributed by atoms with Crippen LogP contribution in [0.2, 0.25) is 10.0 Å². The average molecular weight is 598 g/mol. The first-order valence-electron chi connectivity index (χ1n) is 15.2. The molecule has 220 valence electrons. The Hall–Kier alpha value is -2.28. The van der Waals surface area contributed by atoms with E-state index < -0.39 is 5.60 Å². The van der Waals surface area contributed by atoms with Crippen LogP contribution in [0.1, 0.15) is 83.1 Å². The molecule has 1 amide bonds. The Morgan fingerprint density at radius 2 is 1.68 bits per heavy atom. The van der Waals surface area contributed by atoms with Crippen molar-refractivity contribution in [2.24, 2.45) is 0 Å². The molecule has 0 saturated carbocycles. The van der Waals surface area contributed by atoms with Crippen molar-refractivity contribution in [1.82, 2.24) is 19.4 Å². The summed E-state index contributed by atoms with van der Waals surface area (Å²) in [6.07, 6.45) is 7.46. The van der Waals surface area contributed by atoms with Gasteiger partial charge in [0.25, 0.3) is 0 Å². The molecule has 2 aromatic carbocycles. The van der Waals surface area contributed by atoms with E-state index in [9.17, 15) is 4.79 Å². The minimum absolute atomic E-state index is 0.0554. The maximum Gasteiger partial charge on any atom is 0.410 e. The number of fused-ring (bicyclic) bond motifs is 3. The van der Waals surface area contributed by atoms with Gasteiger partial charge < -0.3 is 14.2 Å². The number of halogens is 2. The number of likely N-dealkylation sites (tertiary alicyclic amines) is 1. The summed E-state index contributed by atoms with van der Waals surface area (Å²) in [6, 6.07) is 16.3. The molecule has 4 heterocycles. The fraction of sp³-hybridized carbons (Fsp3) is 0.576. The predicted octanol–water partition coefficient (Wildman–Crippen LogP) is 8.18. The van der Waals surface area contributed by atoms with Crippen LogP contribution in [0.25, 0.3) is 11.0 Å². The lowest BCUT2D eigenvalue weighted by Crippen LogP contribution is -2.49. The Morgan fingerprint density at radius 3 is 2.34 bits per heavy atom. The quantitative estimate of drug-likeness (QED) is 0.298. The number of rotatable bonds is 5. The van der Waals surface area contributed by atoms with Crippen molar-refractivity contribution >= 4 is 40.3 Å². The smallest absolute Gasteiger partial charge is 0.410 e. The summed E-state index contributed by atoms with van der Waals surface area (Å²) < 4.78 is 8.19. The largest absolute Gasteiger partial charge is 0.444 e. The maximum atomic E-state index is 12.8. The van der Waals surface area contributed by atoms with Gasteiger partial charge in [0.15, 0.2) is 0 Å². The predicted molar refractivity (Wildman–Crippen MR) is 166 cm³/mol. The summed E-state index contributed by atoms with van der Waals surface area (Å²) in [5.74, 6) is 1.12. The van der Waals surface area contributed by atoms with Gasteiger partial charge in [-0.1, -0.05) is 41.4 Å². The van der Waals surface area contributed by atoms with Crippen molar-refractivity contribution < 1.29 is 9.53 Å². The van der Waals surface area contributed by atoms with E-state index in [1.54, 1.807) is 0 Å². The van der Waals surface area contributed by atoms with Gasteiger partial charge in [-0.3, -0.25) is 4.90 Å². The molecule has 6 rings (SSSR count). The number of imidazole rings is 1. The Bertz CT molecular complexity index is 1410. The lowest BCUT2D eigenvalue weighted by molar-refractivity contribution is 0.0144. The zero-order valence-corrected chi connectivity index (χ0v) is 26.2. The summed E-state index contributed by atoms with van der Waals surface area (Å²) in [5, 5.41) is 1.18. The van der Waals surface area contributed by atoms with Crippen LogP contribution in [0.4, 0.5) is 4.79 Å². The number of benzene rings is 2. The third-order valence-corrected chi connectivity index (χ3v) is 10.5.